The van der Waals surface area contributed by atoms with Crippen LogP contribution in [0.4, 0.5) is 0 Å². The third-order valence-electron chi connectivity index (χ3n) is 4.48. The molecule has 1 aromatic carbocycles. The van der Waals surface area contributed by atoms with Crippen LogP contribution in [0.1, 0.15) is 24.2 Å². The van der Waals surface area contributed by atoms with Gasteiger partial charge in [0.25, 0.3) is 5.91 Å². The van der Waals surface area contributed by atoms with Crippen molar-refractivity contribution in [2.75, 3.05) is 19.8 Å². The molecule has 20 heavy (non-hydrogen) atoms. The molecule has 5 heteroatoms. The fourth-order valence-corrected chi connectivity index (χ4v) is 3.50. The van der Waals surface area contributed by atoms with Crippen molar-refractivity contribution in [1.29, 1.82) is 0 Å². The molecule has 2 atom stereocenters. The quantitative estimate of drug-likeness (QED) is 0.866. The third kappa shape index (κ3) is 2.07. The highest BCUT2D eigenvalue weighted by atomic mass is 35.5. The number of ether oxygens (including phenoxy) is 1. The summed E-state index contributed by atoms with van der Waals surface area (Å²) in [6.07, 6.45) is 0. The lowest BCUT2D eigenvalue weighted by Crippen LogP contribution is -2.38. The van der Waals surface area contributed by atoms with Gasteiger partial charge in [-0.2, -0.15) is 0 Å². The molecule has 108 valence electrons. The van der Waals surface area contributed by atoms with Gasteiger partial charge in [-0.25, -0.2) is 0 Å². The van der Waals surface area contributed by atoms with Crippen LogP contribution in [0, 0.1) is 11.3 Å². The first-order chi connectivity index (χ1) is 9.40. The van der Waals surface area contributed by atoms with Crippen LogP contribution in [0.25, 0.3) is 0 Å². The summed E-state index contributed by atoms with van der Waals surface area (Å²) in [6, 6.07) is 4.71. The predicted molar refractivity (Wildman–Crippen MR) is 76.0 cm³/mol. The van der Waals surface area contributed by atoms with Gasteiger partial charge in [-0.3, -0.25) is 4.79 Å². The van der Waals surface area contributed by atoms with Crippen LogP contribution in [0.2, 0.25) is 5.02 Å². The molecular weight excluding hydrogens is 278 g/mol. The summed E-state index contributed by atoms with van der Waals surface area (Å²) < 4.78 is 5.54. The number of phenolic OH excluding ortho intramolecular Hbond substituents is 1. The summed E-state index contributed by atoms with van der Waals surface area (Å²) in [5, 5.41) is 10.3. The predicted octanol–water partition coefficient (Wildman–Crippen LogP) is 2.54. The minimum atomic E-state index is -0.148. The van der Waals surface area contributed by atoms with Gasteiger partial charge in [0, 0.05) is 17.5 Å². The molecule has 1 N–H and O–H groups in total. The number of amides is 1. The lowest BCUT2D eigenvalue weighted by Gasteiger charge is -2.24. The number of likely N-dealkylation sites (tertiary alicyclic amines) is 1. The molecule has 0 radical (unpaired) electrons. The smallest absolute Gasteiger partial charge is 0.257 e. The lowest BCUT2D eigenvalue weighted by atomic mass is 9.80. The number of fused-ring (bicyclic) bond motifs is 1. The summed E-state index contributed by atoms with van der Waals surface area (Å²) in [5.41, 5.74) is 0.344. The number of hydrogen-bond acceptors (Lipinski definition) is 3. The van der Waals surface area contributed by atoms with Crippen molar-refractivity contribution in [3.05, 3.63) is 28.8 Å². The second kappa shape index (κ2) is 4.64. The number of rotatable bonds is 1. The highest BCUT2D eigenvalue weighted by molar-refractivity contribution is 6.30. The van der Waals surface area contributed by atoms with Crippen LogP contribution in [0.5, 0.6) is 5.75 Å². The summed E-state index contributed by atoms with van der Waals surface area (Å²) in [4.78, 5) is 14.5. The monoisotopic (exact) mass is 295 g/mol. The molecule has 3 rings (SSSR count). The minimum absolute atomic E-state index is 0.0405. The number of halogens is 1. The largest absolute Gasteiger partial charge is 0.507 e. The first kappa shape index (κ1) is 13.7. The SMILES string of the molecule is CC1(C)CN(C(=O)c2ccc(Cl)cc2O)[C@@H]2COC[C@@H]21. The van der Waals surface area contributed by atoms with Gasteiger partial charge in [0.2, 0.25) is 0 Å². The number of hydrogen-bond donors (Lipinski definition) is 1. The van der Waals surface area contributed by atoms with E-state index in [1.165, 1.54) is 6.07 Å². The lowest BCUT2D eigenvalue weighted by molar-refractivity contribution is 0.0662. The normalized spacial score (nSPS) is 27.6. The van der Waals surface area contributed by atoms with Crippen LogP contribution < -0.4 is 0 Å². The topological polar surface area (TPSA) is 49.8 Å². The minimum Gasteiger partial charge on any atom is -0.507 e. The van der Waals surface area contributed by atoms with E-state index < -0.39 is 0 Å². The van der Waals surface area contributed by atoms with Crippen molar-refractivity contribution < 1.29 is 14.6 Å². The Bertz CT molecular complexity index is 558. The summed E-state index contributed by atoms with van der Waals surface area (Å²) in [5.74, 6) is 0.147. The Morgan fingerprint density at radius 2 is 2.20 bits per heavy atom. The Hall–Kier alpha value is -1.26. The number of benzene rings is 1. The van der Waals surface area contributed by atoms with Crippen molar-refractivity contribution in [2.45, 2.75) is 19.9 Å². The van der Waals surface area contributed by atoms with Crippen LogP contribution in [0.3, 0.4) is 0 Å². The highest BCUT2D eigenvalue weighted by Crippen LogP contribution is 2.44. The Labute approximate surface area is 123 Å². The van der Waals surface area contributed by atoms with Gasteiger partial charge in [-0.1, -0.05) is 25.4 Å². The van der Waals surface area contributed by atoms with E-state index in [-0.39, 0.29) is 23.1 Å². The van der Waals surface area contributed by atoms with Crippen molar-refractivity contribution >= 4 is 17.5 Å². The van der Waals surface area contributed by atoms with Crippen LogP contribution in [-0.4, -0.2) is 41.7 Å². The Morgan fingerprint density at radius 3 is 2.90 bits per heavy atom. The average Bonchev–Trinajstić information content (AvgIpc) is 2.92. The van der Waals surface area contributed by atoms with E-state index in [1.54, 1.807) is 12.1 Å². The zero-order valence-electron chi connectivity index (χ0n) is 11.6. The second-order valence-corrected chi connectivity index (χ2v) is 6.73. The van der Waals surface area contributed by atoms with E-state index in [0.29, 0.717) is 36.3 Å². The molecule has 0 aromatic heterocycles. The van der Waals surface area contributed by atoms with Crippen molar-refractivity contribution in [3.8, 4) is 5.75 Å². The maximum atomic E-state index is 12.7. The third-order valence-corrected chi connectivity index (χ3v) is 4.72. The molecule has 2 aliphatic heterocycles. The molecule has 2 saturated heterocycles. The molecule has 0 saturated carbocycles. The number of carbonyl (C=O) groups excluding carboxylic acids is 1. The van der Waals surface area contributed by atoms with Crippen LogP contribution in [-0.2, 0) is 4.74 Å². The molecule has 0 aliphatic carbocycles. The average molecular weight is 296 g/mol. The summed E-state index contributed by atoms with van der Waals surface area (Å²) >= 11 is 5.81. The van der Waals surface area contributed by atoms with E-state index in [4.69, 9.17) is 16.3 Å². The molecule has 4 nitrogen and oxygen atoms in total. The van der Waals surface area contributed by atoms with Crippen molar-refractivity contribution in [3.63, 3.8) is 0 Å². The molecule has 2 fully saturated rings. The highest BCUT2D eigenvalue weighted by Gasteiger charge is 2.51. The Morgan fingerprint density at radius 1 is 1.45 bits per heavy atom. The Balaban J connectivity index is 1.91. The zero-order chi connectivity index (χ0) is 14.5. The maximum Gasteiger partial charge on any atom is 0.257 e. The first-order valence-corrected chi connectivity index (χ1v) is 7.15. The van der Waals surface area contributed by atoms with Crippen LogP contribution >= 0.6 is 11.6 Å². The summed E-state index contributed by atoms with van der Waals surface area (Å²) in [7, 11) is 0. The number of phenols is 1. The number of nitrogens with zero attached hydrogens (tertiary/aromatic N) is 1. The van der Waals surface area contributed by atoms with Gasteiger partial charge in [-0.15, -0.1) is 0 Å². The van der Waals surface area contributed by atoms with Gasteiger partial charge in [0.05, 0.1) is 24.8 Å². The van der Waals surface area contributed by atoms with Crippen LogP contribution in [0.15, 0.2) is 18.2 Å². The van der Waals surface area contributed by atoms with E-state index in [1.807, 2.05) is 4.90 Å². The molecule has 0 unspecified atom stereocenters. The molecule has 2 aliphatic rings. The second-order valence-electron chi connectivity index (χ2n) is 6.29. The summed E-state index contributed by atoms with van der Waals surface area (Å²) in [6.45, 7) is 6.29. The number of aromatic hydroxyl groups is 1. The fourth-order valence-electron chi connectivity index (χ4n) is 3.33. The van der Waals surface area contributed by atoms with E-state index in [0.717, 1.165) is 0 Å². The molecular formula is C15H18ClNO3. The van der Waals surface area contributed by atoms with E-state index in [9.17, 15) is 9.90 Å². The fraction of sp³-hybridized carbons (Fsp3) is 0.533. The molecule has 1 amide bonds. The first-order valence-electron chi connectivity index (χ1n) is 6.77. The van der Waals surface area contributed by atoms with Gasteiger partial charge < -0.3 is 14.7 Å². The van der Waals surface area contributed by atoms with Gasteiger partial charge in [-0.05, 0) is 23.6 Å². The molecule has 1 aromatic rings. The van der Waals surface area contributed by atoms with Gasteiger partial charge >= 0.3 is 0 Å². The van der Waals surface area contributed by atoms with Crippen molar-refractivity contribution in [2.24, 2.45) is 11.3 Å². The maximum absolute atomic E-state index is 12.7. The van der Waals surface area contributed by atoms with E-state index in [2.05, 4.69) is 13.8 Å². The molecule has 0 spiro atoms. The zero-order valence-corrected chi connectivity index (χ0v) is 12.4. The van der Waals surface area contributed by atoms with Gasteiger partial charge in [0.15, 0.2) is 0 Å². The molecule has 2 heterocycles. The number of carbonyl (C=O) groups is 1. The Kier molecular flexibility index (Phi) is 3.18. The van der Waals surface area contributed by atoms with Crippen molar-refractivity contribution in [1.82, 2.24) is 4.90 Å². The van der Waals surface area contributed by atoms with E-state index >= 15 is 0 Å². The molecule has 0 bridgehead atoms. The standard InChI is InChI=1S/C15H18ClNO3/c1-15(2)8-17(12-7-20-6-11(12)15)14(19)10-4-3-9(16)5-13(10)18/h3-5,11-12,18H,6-8H2,1-2H3/t11-,12+/m0/s1. The van der Waals surface area contributed by atoms with Gasteiger partial charge in [0.1, 0.15) is 5.75 Å².